The van der Waals surface area contributed by atoms with Crippen LogP contribution in [0.5, 0.6) is 0 Å². The van der Waals surface area contributed by atoms with Crippen LogP contribution in [-0.4, -0.2) is 33.6 Å². The molecule has 0 aliphatic rings. The highest BCUT2D eigenvalue weighted by Gasteiger charge is 2.28. The molecule has 0 radical (unpaired) electrons. The van der Waals surface area contributed by atoms with Crippen molar-refractivity contribution >= 4 is 29.1 Å². The highest BCUT2D eigenvalue weighted by Crippen LogP contribution is 2.37. The molecule has 2 aromatic carbocycles. The maximum absolute atomic E-state index is 11.6. The third-order valence-electron chi connectivity index (χ3n) is 4.97. The van der Waals surface area contributed by atoms with Gasteiger partial charge in [-0.25, -0.2) is 0 Å². The number of hydrogen-bond donors (Lipinski definition) is 3. The third kappa shape index (κ3) is 4.43. The molecular weight excluding hydrogens is 379 g/mol. The molecule has 3 rings (SSSR count). The van der Waals surface area contributed by atoms with Gasteiger partial charge in [0.25, 0.3) is 0 Å². The fourth-order valence-electron chi connectivity index (χ4n) is 3.73. The van der Waals surface area contributed by atoms with Gasteiger partial charge in [-0.1, -0.05) is 73.3 Å². The van der Waals surface area contributed by atoms with E-state index in [1.54, 1.807) is 30.3 Å². The van der Waals surface area contributed by atoms with Gasteiger partial charge in [0.05, 0.1) is 11.6 Å². The van der Waals surface area contributed by atoms with E-state index < -0.39 is 13.0 Å². The summed E-state index contributed by atoms with van der Waals surface area (Å²) in [6.07, 6.45) is 7.35. The molecule has 0 aliphatic heterocycles. The number of rotatable bonds is 8. The first-order valence-electron chi connectivity index (χ1n) is 9.60. The molecule has 1 aromatic heterocycles. The number of fused-ring (bicyclic) bond motifs is 1. The van der Waals surface area contributed by atoms with Crippen LogP contribution in [0.1, 0.15) is 29.7 Å². The summed E-state index contributed by atoms with van der Waals surface area (Å²) in [6.45, 7) is 5.35. The zero-order chi connectivity index (χ0) is 21.7. The second kappa shape index (κ2) is 9.39. The van der Waals surface area contributed by atoms with Crippen LogP contribution in [0.4, 0.5) is 0 Å². The molecule has 7 heteroatoms. The van der Waals surface area contributed by atoms with Crippen molar-refractivity contribution in [3.8, 4) is 0 Å². The van der Waals surface area contributed by atoms with Gasteiger partial charge in [-0.2, -0.15) is 0 Å². The van der Waals surface area contributed by atoms with Gasteiger partial charge in [-0.15, -0.1) is 0 Å². The van der Waals surface area contributed by atoms with Crippen molar-refractivity contribution in [3.63, 3.8) is 0 Å². The van der Waals surface area contributed by atoms with Crippen molar-refractivity contribution in [2.45, 2.75) is 12.8 Å². The molecule has 0 bridgehead atoms. The average molecular weight is 402 g/mol. The van der Waals surface area contributed by atoms with Crippen molar-refractivity contribution in [1.82, 2.24) is 4.98 Å². The number of hydrogen-bond acceptors (Lipinski definition) is 4. The molecule has 0 aliphatic carbocycles. The molecular formula is C23H23BN2O4. The number of H-pyrrole nitrogens is 1. The van der Waals surface area contributed by atoms with E-state index >= 15 is 0 Å². The molecule has 1 unspecified atom stereocenters. The molecule has 0 fully saturated rings. The predicted molar refractivity (Wildman–Crippen MR) is 121 cm³/mol. The van der Waals surface area contributed by atoms with Crippen molar-refractivity contribution < 1.29 is 15.0 Å². The quantitative estimate of drug-likeness (QED) is 0.233. The van der Waals surface area contributed by atoms with Crippen LogP contribution >= 0.6 is 0 Å². The maximum Gasteiger partial charge on any atom is 0.488 e. The minimum absolute atomic E-state index is 0.289. The van der Waals surface area contributed by atoms with Gasteiger partial charge in [0.2, 0.25) is 6.54 Å². The first-order chi connectivity index (χ1) is 14.5. The lowest BCUT2D eigenvalue weighted by atomic mass is 9.77. The smallest absolute Gasteiger partial charge is 0.423 e. The highest BCUT2D eigenvalue weighted by atomic mass is 16.6. The van der Waals surface area contributed by atoms with Crippen LogP contribution in [0, 0.1) is 10.1 Å². The summed E-state index contributed by atoms with van der Waals surface area (Å²) >= 11 is 0. The zero-order valence-corrected chi connectivity index (χ0v) is 16.7. The molecule has 3 aromatic rings. The first kappa shape index (κ1) is 21.3. The van der Waals surface area contributed by atoms with E-state index in [-0.39, 0.29) is 16.9 Å². The largest absolute Gasteiger partial charge is 0.488 e. The number of nitrogens with zero attached hydrogens (tertiary/aromatic N) is 1. The minimum Gasteiger partial charge on any atom is -0.423 e. The Morgan fingerprint density at radius 2 is 2.03 bits per heavy atom. The number of allylic oxidation sites excluding steroid dienone is 5. The first-order valence-corrected chi connectivity index (χ1v) is 9.60. The molecule has 1 atom stereocenters. The van der Waals surface area contributed by atoms with E-state index in [9.17, 15) is 20.2 Å². The monoisotopic (exact) mass is 402 g/mol. The Morgan fingerprint density at radius 1 is 1.27 bits per heavy atom. The minimum atomic E-state index is -1.65. The van der Waals surface area contributed by atoms with E-state index in [0.29, 0.717) is 5.56 Å². The van der Waals surface area contributed by atoms with Crippen LogP contribution in [0.15, 0.2) is 79.4 Å². The topological polar surface area (TPSA) is 99.4 Å². The zero-order valence-electron chi connectivity index (χ0n) is 16.7. The van der Waals surface area contributed by atoms with Crippen LogP contribution < -0.4 is 5.46 Å². The summed E-state index contributed by atoms with van der Waals surface area (Å²) in [6, 6.07) is 14.3. The standard InChI is InChI=1S/C23H23BN2O4/c1-3-8-16(9-4-2)23-22(19-12-5-6-13-21(19)25-23)20(15-26(29)30)17-10-7-11-18(14-17)24(27)28/h3-14,20,25,27-28H,1,15H2,2H3/b9-4-,16-8+. The number of benzene rings is 2. The fourth-order valence-corrected chi connectivity index (χ4v) is 3.73. The van der Waals surface area contributed by atoms with E-state index in [4.69, 9.17) is 0 Å². The van der Waals surface area contributed by atoms with Crippen molar-refractivity contribution in [3.05, 3.63) is 106 Å². The fraction of sp³-hybridized carbons (Fsp3) is 0.130. The molecule has 152 valence electrons. The predicted octanol–water partition coefficient (Wildman–Crippen LogP) is 3.40. The Kier molecular flexibility index (Phi) is 6.67. The third-order valence-corrected chi connectivity index (χ3v) is 4.97. The average Bonchev–Trinajstić information content (AvgIpc) is 3.11. The molecule has 0 saturated heterocycles. The maximum atomic E-state index is 11.6. The number of nitro groups is 1. The van der Waals surface area contributed by atoms with Gasteiger partial charge in [-0.05, 0) is 35.2 Å². The van der Waals surface area contributed by atoms with E-state index in [0.717, 1.165) is 27.7 Å². The number of aromatic amines is 1. The summed E-state index contributed by atoms with van der Waals surface area (Å²) in [4.78, 5) is 14.7. The van der Waals surface area contributed by atoms with Gasteiger partial charge in [-0.3, -0.25) is 10.1 Å². The molecule has 0 spiro atoms. The van der Waals surface area contributed by atoms with Crippen LogP contribution in [-0.2, 0) is 0 Å². The van der Waals surface area contributed by atoms with Crippen molar-refractivity contribution in [2.24, 2.45) is 0 Å². The highest BCUT2D eigenvalue weighted by molar-refractivity contribution is 6.58. The van der Waals surface area contributed by atoms with Gasteiger partial charge < -0.3 is 15.0 Å². The lowest BCUT2D eigenvalue weighted by Gasteiger charge is -2.17. The van der Waals surface area contributed by atoms with Gasteiger partial charge in [0, 0.05) is 15.8 Å². The van der Waals surface area contributed by atoms with Gasteiger partial charge in [0.1, 0.15) is 0 Å². The Labute approximate surface area is 175 Å². The van der Waals surface area contributed by atoms with Crippen LogP contribution in [0.25, 0.3) is 16.5 Å². The normalized spacial score (nSPS) is 13.0. The molecule has 6 nitrogen and oxygen atoms in total. The SMILES string of the molecule is C=C/C=C(\C=C/C)c1[nH]c2ccccc2c1C(C[N+](=O)[O-])c1cccc(B(O)O)c1. The number of nitrogens with one attached hydrogen (secondary N) is 1. The Bertz CT molecular complexity index is 1130. The lowest BCUT2D eigenvalue weighted by molar-refractivity contribution is -0.481. The molecule has 3 N–H and O–H groups in total. The Hall–Kier alpha value is -3.42. The van der Waals surface area contributed by atoms with Crippen LogP contribution in [0.3, 0.4) is 0 Å². The number of para-hydroxylation sites is 1. The molecule has 0 saturated carbocycles. The van der Waals surface area contributed by atoms with E-state index in [1.165, 1.54) is 0 Å². The van der Waals surface area contributed by atoms with Gasteiger partial charge in [0.15, 0.2) is 0 Å². The van der Waals surface area contributed by atoms with Gasteiger partial charge >= 0.3 is 7.12 Å². The summed E-state index contributed by atoms with van der Waals surface area (Å²) in [7, 11) is -1.65. The second-order valence-electron chi connectivity index (χ2n) is 6.93. The lowest BCUT2D eigenvalue weighted by Crippen LogP contribution is -2.30. The number of aromatic nitrogens is 1. The molecule has 0 amide bonds. The summed E-state index contributed by atoms with van der Waals surface area (Å²) in [5.41, 5.74) is 4.22. The Morgan fingerprint density at radius 3 is 2.70 bits per heavy atom. The Balaban J connectivity index is 2.32. The summed E-state index contributed by atoms with van der Waals surface area (Å²) in [5.74, 6) is -0.594. The molecule has 30 heavy (non-hydrogen) atoms. The molecule has 1 heterocycles. The van der Waals surface area contributed by atoms with E-state index in [2.05, 4.69) is 11.6 Å². The van der Waals surface area contributed by atoms with Crippen molar-refractivity contribution in [1.29, 1.82) is 0 Å². The summed E-state index contributed by atoms with van der Waals surface area (Å²) < 4.78 is 0. The second-order valence-corrected chi connectivity index (χ2v) is 6.93. The van der Waals surface area contributed by atoms with Crippen molar-refractivity contribution in [2.75, 3.05) is 6.54 Å². The van der Waals surface area contributed by atoms with Crippen LogP contribution in [0.2, 0.25) is 0 Å². The van der Waals surface area contributed by atoms with E-state index in [1.807, 2.05) is 49.4 Å². The summed E-state index contributed by atoms with van der Waals surface area (Å²) in [5, 5.41) is 31.7.